The summed E-state index contributed by atoms with van der Waals surface area (Å²) in [5.74, 6) is 1.02. The van der Waals surface area contributed by atoms with Crippen LogP contribution in [0.25, 0.3) is 10.2 Å². The highest BCUT2D eigenvalue weighted by molar-refractivity contribution is 7.89. The molecule has 194 valence electrons. The van der Waals surface area contributed by atoms with Gasteiger partial charge in [0.15, 0.2) is 5.13 Å². The Morgan fingerprint density at radius 3 is 2.25 bits per heavy atom. The first-order valence-electron chi connectivity index (χ1n) is 11.8. The summed E-state index contributed by atoms with van der Waals surface area (Å²) >= 11 is 1.36. The average molecular weight is 533 g/mol. The van der Waals surface area contributed by atoms with Crippen LogP contribution >= 0.6 is 11.3 Å². The van der Waals surface area contributed by atoms with Crippen molar-refractivity contribution in [3.63, 3.8) is 0 Å². The van der Waals surface area contributed by atoms with Gasteiger partial charge in [0.05, 0.1) is 19.1 Å². The van der Waals surface area contributed by atoms with Crippen LogP contribution in [0.5, 0.6) is 11.5 Å². The lowest BCUT2D eigenvalue weighted by molar-refractivity contribution is 0.0986. The molecule has 0 bridgehead atoms. The van der Waals surface area contributed by atoms with E-state index in [0.29, 0.717) is 47.3 Å². The minimum atomic E-state index is -3.55. The molecule has 2 heterocycles. The zero-order chi connectivity index (χ0) is 25.9. The van der Waals surface area contributed by atoms with Crippen molar-refractivity contribution in [2.24, 2.45) is 0 Å². The molecule has 4 rings (SSSR count). The molecule has 36 heavy (non-hydrogen) atoms. The molecule has 2 aromatic carbocycles. The molecule has 0 atom stereocenters. The Hall–Kier alpha value is -2.73. The number of aromatic nitrogens is 1. The third-order valence-corrected chi connectivity index (χ3v) is 9.17. The molecule has 0 aliphatic carbocycles. The van der Waals surface area contributed by atoms with E-state index in [9.17, 15) is 13.2 Å². The van der Waals surface area contributed by atoms with E-state index in [1.807, 2.05) is 20.2 Å². The Morgan fingerprint density at radius 2 is 1.64 bits per heavy atom. The van der Waals surface area contributed by atoms with E-state index in [1.165, 1.54) is 27.8 Å². The monoisotopic (exact) mass is 532 g/mol. The molecule has 11 heteroatoms. The third-order valence-electron chi connectivity index (χ3n) is 6.17. The van der Waals surface area contributed by atoms with Crippen molar-refractivity contribution < 1.29 is 22.7 Å². The lowest BCUT2D eigenvalue weighted by Crippen LogP contribution is -2.33. The number of ether oxygens (including phenoxy) is 2. The van der Waals surface area contributed by atoms with Crippen molar-refractivity contribution in [1.82, 2.24) is 14.2 Å². The molecule has 0 spiro atoms. The fourth-order valence-corrected chi connectivity index (χ4v) is 6.84. The van der Waals surface area contributed by atoms with E-state index in [4.69, 9.17) is 14.5 Å². The van der Waals surface area contributed by atoms with E-state index in [1.54, 1.807) is 37.3 Å². The zero-order valence-corrected chi connectivity index (χ0v) is 22.7. The molecular weight excluding hydrogens is 500 g/mol. The number of rotatable bonds is 10. The maximum absolute atomic E-state index is 13.7. The van der Waals surface area contributed by atoms with Crippen molar-refractivity contribution in [2.45, 2.75) is 24.2 Å². The Labute approximate surface area is 216 Å². The molecular formula is C25H32N4O5S2. The van der Waals surface area contributed by atoms with Gasteiger partial charge >= 0.3 is 0 Å². The number of methoxy groups -OCH3 is 2. The predicted octanol–water partition coefficient (Wildman–Crippen LogP) is 3.70. The van der Waals surface area contributed by atoms with Crippen LogP contribution in [0, 0.1) is 0 Å². The molecule has 9 nitrogen and oxygen atoms in total. The molecule has 1 amide bonds. The number of carbonyl (C=O) groups excluding carboxylic acids is 1. The first-order valence-corrected chi connectivity index (χ1v) is 14.1. The van der Waals surface area contributed by atoms with Crippen molar-refractivity contribution in [1.29, 1.82) is 0 Å². The predicted molar refractivity (Wildman–Crippen MR) is 142 cm³/mol. The quantitative estimate of drug-likeness (QED) is 0.393. The fraction of sp³-hybridized carbons (Fsp3) is 0.440. The smallest absolute Gasteiger partial charge is 0.260 e. The Bertz CT molecular complexity index is 1280. The largest absolute Gasteiger partial charge is 0.495 e. The number of sulfonamides is 1. The number of anilines is 1. The van der Waals surface area contributed by atoms with Gasteiger partial charge in [0.25, 0.3) is 5.91 Å². The van der Waals surface area contributed by atoms with Crippen molar-refractivity contribution in [3.05, 3.63) is 42.0 Å². The maximum atomic E-state index is 13.7. The van der Waals surface area contributed by atoms with Gasteiger partial charge in [-0.3, -0.25) is 9.69 Å². The number of nitrogens with zero attached hydrogens (tertiary/aromatic N) is 4. The molecule has 1 aromatic heterocycles. The van der Waals surface area contributed by atoms with Gasteiger partial charge in [-0.25, -0.2) is 13.4 Å². The summed E-state index contributed by atoms with van der Waals surface area (Å²) in [6.07, 6.45) is 2.48. The lowest BCUT2D eigenvalue weighted by atomic mass is 10.2. The normalized spacial score (nSPS) is 14.5. The van der Waals surface area contributed by atoms with Crippen LogP contribution in [-0.2, 0) is 10.0 Å². The molecule has 0 radical (unpaired) electrons. The SMILES string of the molecule is COc1ccc(OC)c2sc(N(CCCN(C)C)C(=O)c3ccc(S(=O)(=O)N4CCCC4)cc3)nc12. The van der Waals surface area contributed by atoms with Gasteiger partial charge in [0.1, 0.15) is 21.7 Å². The zero-order valence-electron chi connectivity index (χ0n) is 21.1. The third kappa shape index (κ3) is 5.34. The Kier molecular flexibility index (Phi) is 8.13. The number of benzene rings is 2. The number of hydrogen-bond acceptors (Lipinski definition) is 8. The molecule has 1 aliphatic heterocycles. The first kappa shape index (κ1) is 26.3. The van der Waals surface area contributed by atoms with Crippen LogP contribution < -0.4 is 14.4 Å². The molecule has 0 unspecified atom stereocenters. The van der Waals surface area contributed by atoms with Gasteiger partial charge in [-0.1, -0.05) is 11.3 Å². The van der Waals surface area contributed by atoms with E-state index in [2.05, 4.69) is 4.90 Å². The van der Waals surface area contributed by atoms with Crippen LogP contribution in [-0.4, -0.2) is 83.0 Å². The van der Waals surface area contributed by atoms with E-state index < -0.39 is 10.0 Å². The molecule has 1 saturated heterocycles. The average Bonchev–Trinajstić information content (AvgIpc) is 3.57. The van der Waals surface area contributed by atoms with Crippen molar-refractivity contribution in [3.8, 4) is 11.5 Å². The number of amides is 1. The molecule has 0 saturated carbocycles. The lowest BCUT2D eigenvalue weighted by Gasteiger charge is -2.21. The number of thiazole rings is 1. The van der Waals surface area contributed by atoms with Gasteiger partial charge in [0, 0.05) is 25.2 Å². The molecule has 1 fully saturated rings. The molecule has 0 N–H and O–H groups in total. The highest BCUT2D eigenvalue weighted by Gasteiger charge is 2.28. The first-order chi connectivity index (χ1) is 17.3. The van der Waals surface area contributed by atoms with Gasteiger partial charge in [-0.2, -0.15) is 4.31 Å². The van der Waals surface area contributed by atoms with Crippen LogP contribution in [0.15, 0.2) is 41.3 Å². The summed E-state index contributed by atoms with van der Waals surface area (Å²) < 4.78 is 39.1. The summed E-state index contributed by atoms with van der Waals surface area (Å²) in [6, 6.07) is 9.81. The number of fused-ring (bicyclic) bond motifs is 1. The Morgan fingerprint density at radius 1 is 1.00 bits per heavy atom. The van der Waals surface area contributed by atoms with Gasteiger partial charge in [0.2, 0.25) is 10.0 Å². The van der Waals surface area contributed by atoms with E-state index >= 15 is 0 Å². The minimum Gasteiger partial charge on any atom is -0.495 e. The molecule has 1 aliphatic rings. The second kappa shape index (κ2) is 11.1. The minimum absolute atomic E-state index is 0.203. The Balaban J connectivity index is 1.67. The maximum Gasteiger partial charge on any atom is 0.260 e. The van der Waals surface area contributed by atoms with E-state index in [-0.39, 0.29) is 10.8 Å². The van der Waals surface area contributed by atoms with Gasteiger partial charge in [-0.05, 0) is 76.3 Å². The second-order valence-corrected chi connectivity index (χ2v) is 11.8. The summed E-state index contributed by atoms with van der Waals surface area (Å²) in [4.78, 5) is 22.3. The summed E-state index contributed by atoms with van der Waals surface area (Å²) in [5.41, 5.74) is 1.03. The molecule has 3 aromatic rings. The summed E-state index contributed by atoms with van der Waals surface area (Å²) in [7, 11) is 3.60. The number of carbonyl (C=O) groups is 1. The van der Waals surface area contributed by atoms with Gasteiger partial charge in [-0.15, -0.1) is 0 Å². The van der Waals surface area contributed by atoms with Crippen LogP contribution in [0.3, 0.4) is 0 Å². The van der Waals surface area contributed by atoms with Crippen LogP contribution in [0.4, 0.5) is 5.13 Å². The van der Waals surface area contributed by atoms with Crippen LogP contribution in [0.2, 0.25) is 0 Å². The van der Waals surface area contributed by atoms with E-state index in [0.717, 1.165) is 30.5 Å². The summed E-state index contributed by atoms with van der Waals surface area (Å²) in [5, 5.41) is 0.533. The van der Waals surface area contributed by atoms with Gasteiger partial charge < -0.3 is 14.4 Å². The standard InChI is InChI=1S/C25H32N4O5S2/c1-27(2)14-7-17-29(25-26-22-20(33-3)12-13-21(34-4)23(22)35-25)24(30)18-8-10-19(11-9-18)36(31,32)28-15-5-6-16-28/h8-13H,5-7,14-17H2,1-4H3. The fourth-order valence-electron chi connectivity index (χ4n) is 4.22. The van der Waals surface area contributed by atoms with Crippen molar-refractivity contribution >= 4 is 42.6 Å². The number of hydrogen-bond donors (Lipinski definition) is 0. The van der Waals surface area contributed by atoms with Crippen molar-refractivity contribution in [2.75, 3.05) is 59.4 Å². The topological polar surface area (TPSA) is 92.3 Å². The highest BCUT2D eigenvalue weighted by atomic mass is 32.2. The van der Waals surface area contributed by atoms with Crippen LogP contribution in [0.1, 0.15) is 29.6 Å². The second-order valence-electron chi connectivity index (χ2n) is 8.89. The summed E-state index contributed by atoms with van der Waals surface area (Å²) in [6.45, 7) is 2.32. The highest BCUT2D eigenvalue weighted by Crippen LogP contribution is 2.40.